The Morgan fingerprint density at radius 3 is 2.43 bits per heavy atom. The van der Waals surface area contributed by atoms with Gasteiger partial charge in [-0.1, -0.05) is 48.5 Å². The lowest BCUT2D eigenvalue weighted by molar-refractivity contribution is -0.119. The van der Waals surface area contributed by atoms with Crippen LogP contribution in [-0.2, 0) is 40.0 Å². The first-order chi connectivity index (χ1) is 17.1. The number of hydrogen-bond acceptors (Lipinski definition) is 6. The van der Waals surface area contributed by atoms with Gasteiger partial charge in [-0.25, -0.2) is 9.59 Å². The van der Waals surface area contributed by atoms with E-state index < -0.39 is 24.5 Å². The van der Waals surface area contributed by atoms with Crippen molar-refractivity contribution in [2.45, 2.75) is 45.4 Å². The number of hydrogen-bond donors (Lipinski definition) is 1. The quantitative estimate of drug-likeness (QED) is 0.406. The smallest absolute Gasteiger partial charge is 0.341 e. The lowest BCUT2D eigenvalue weighted by Crippen LogP contribution is -2.22. The standard InChI is InChI=1S/C28H29NO5S/c1-2-33-28(32)25-22-14-8-9-15-23(22)35-26(25)29-24(30)18-34-27(31)21-13-7-6-12-20(21)17-16-19-10-4-3-5-11-19/h3-7,10-13H,2,8-9,14-18H2,1H3,(H,29,30). The lowest BCUT2D eigenvalue weighted by Gasteiger charge is -2.12. The fraction of sp³-hybridized carbons (Fsp3) is 0.321. The summed E-state index contributed by atoms with van der Waals surface area (Å²) in [7, 11) is 0. The molecule has 1 aromatic heterocycles. The molecule has 0 aliphatic heterocycles. The van der Waals surface area contributed by atoms with Crippen molar-refractivity contribution >= 4 is 34.2 Å². The number of rotatable bonds is 9. The number of benzene rings is 2. The third-order valence-electron chi connectivity index (χ3n) is 6.00. The number of aryl methyl sites for hydroxylation is 3. The van der Waals surface area contributed by atoms with Gasteiger partial charge in [-0.3, -0.25) is 4.79 Å². The van der Waals surface area contributed by atoms with E-state index >= 15 is 0 Å². The Bertz CT molecular complexity index is 1200. The largest absolute Gasteiger partial charge is 0.462 e. The van der Waals surface area contributed by atoms with Gasteiger partial charge in [0.2, 0.25) is 0 Å². The molecule has 3 aromatic rings. The second-order valence-electron chi connectivity index (χ2n) is 8.40. The third-order valence-corrected chi connectivity index (χ3v) is 7.21. The summed E-state index contributed by atoms with van der Waals surface area (Å²) in [4.78, 5) is 39.1. The number of carbonyl (C=O) groups excluding carboxylic acids is 3. The Morgan fingerprint density at radius 2 is 1.63 bits per heavy atom. The summed E-state index contributed by atoms with van der Waals surface area (Å²) in [5.74, 6) is -1.45. The van der Waals surface area contributed by atoms with Crippen LogP contribution in [0, 0.1) is 0 Å². The van der Waals surface area contributed by atoms with Gasteiger partial charge in [-0.05, 0) is 68.2 Å². The van der Waals surface area contributed by atoms with E-state index in [1.54, 1.807) is 19.1 Å². The molecule has 6 nitrogen and oxygen atoms in total. The Labute approximate surface area is 209 Å². The fourth-order valence-electron chi connectivity index (χ4n) is 4.31. The highest BCUT2D eigenvalue weighted by Gasteiger charge is 2.27. The molecule has 4 rings (SSSR count). The predicted molar refractivity (Wildman–Crippen MR) is 136 cm³/mol. The molecule has 1 aliphatic rings. The fourth-order valence-corrected chi connectivity index (χ4v) is 5.60. The third kappa shape index (κ3) is 6.17. The molecule has 1 amide bonds. The maximum atomic E-state index is 12.8. The highest BCUT2D eigenvalue weighted by atomic mass is 32.1. The summed E-state index contributed by atoms with van der Waals surface area (Å²) < 4.78 is 10.6. The predicted octanol–water partition coefficient (Wildman–Crippen LogP) is 5.38. The van der Waals surface area contributed by atoms with Crippen LogP contribution < -0.4 is 5.32 Å². The van der Waals surface area contributed by atoms with Crippen molar-refractivity contribution in [1.29, 1.82) is 0 Å². The zero-order valence-corrected chi connectivity index (χ0v) is 20.6. The van der Waals surface area contributed by atoms with Crippen molar-refractivity contribution in [3.05, 3.63) is 87.3 Å². The summed E-state index contributed by atoms with van der Waals surface area (Å²) in [6.45, 7) is 1.58. The molecule has 0 bridgehead atoms. The van der Waals surface area contributed by atoms with E-state index in [-0.39, 0.29) is 6.61 Å². The number of thiophene rings is 1. The summed E-state index contributed by atoms with van der Waals surface area (Å²) >= 11 is 1.41. The average Bonchev–Trinajstić information content (AvgIpc) is 3.24. The summed E-state index contributed by atoms with van der Waals surface area (Å²) in [5.41, 5.74) is 3.93. The van der Waals surface area contributed by atoms with E-state index in [4.69, 9.17) is 9.47 Å². The molecular formula is C28H29NO5S. The molecule has 0 atom stereocenters. The molecule has 0 saturated heterocycles. The number of fused-ring (bicyclic) bond motifs is 1. The average molecular weight is 492 g/mol. The molecule has 0 unspecified atom stereocenters. The summed E-state index contributed by atoms with van der Waals surface area (Å²) in [6.07, 6.45) is 5.23. The van der Waals surface area contributed by atoms with Crippen LogP contribution >= 0.6 is 11.3 Å². The first-order valence-electron chi connectivity index (χ1n) is 12.0. The monoisotopic (exact) mass is 491 g/mol. The summed E-state index contributed by atoms with van der Waals surface area (Å²) in [6, 6.07) is 17.4. The number of esters is 2. The first-order valence-corrected chi connectivity index (χ1v) is 12.8. The van der Waals surface area contributed by atoms with Crippen molar-refractivity contribution < 1.29 is 23.9 Å². The van der Waals surface area contributed by atoms with E-state index in [9.17, 15) is 14.4 Å². The van der Waals surface area contributed by atoms with Gasteiger partial charge in [0.1, 0.15) is 5.00 Å². The molecule has 182 valence electrons. The zero-order chi connectivity index (χ0) is 24.6. The van der Waals surface area contributed by atoms with Crippen molar-refractivity contribution in [2.24, 2.45) is 0 Å². The number of ether oxygens (including phenoxy) is 2. The van der Waals surface area contributed by atoms with Gasteiger partial charge in [-0.2, -0.15) is 0 Å². The maximum Gasteiger partial charge on any atom is 0.341 e. The number of amides is 1. The Morgan fingerprint density at radius 1 is 0.886 bits per heavy atom. The van der Waals surface area contributed by atoms with Crippen molar-refractivity contribution in [3.8, 4) is 0 Å². The normalized spacial score (nSPS) is 12.5. The van der Waals surface area contributed by atoms with Crippen LogP contribution in [0.4, 0.5) is 5.00 Å². The molecule has 35 heavy (non-hydrogen) atoms. The van der Waals surface area contributed by atoms with Gasteiger partial charge in [0.25, 0.3) is 5.91 Å². The molecule has 0 spiro atoms. The van der Waals surface area contributed by atoms with Gasteiger partial charge >= 0.3 is 11.9 Å². The number of nitrogens with one attached hydrogen (secondary N) is 1. The molecular weight excluding hydrogens is 462 g/mol. The number of anilines is 1. The van der Waals surface area contributed by atoms with Crippen molar-refractivity contribution in [1.82, 2.24) is 0 Å². The molecule has 2 aromatic carbocycles. The van der Waals surface area contributed by atoms with Crippen LogP contribution in [0.25, 0.3) is 0 Å². The highest BCUT2D eigenvalue weighted by molar-refractivity contribution is 7.17. The van der Waals surface area contributed by atoms with Gasteiger partial charge < -0.3 is 14.8 Å². The SMILES string of the molecule is CCOC(=O)c1c(NC(=O)COC(=O)c2ccccc2CCc2ccccc2)sc2c1CCCC2. The van der Waals surface area contributed by atoms with Gasteiger partial charge in [-0.15, -0.1) is 11.3 Å². The zero-order valence-electron chi connectivity index (χ0n) is 19.8. The molecule has 1 aliphatic carbocycles. The molecule has 1 heterocycles. The van der Waals surface area contributed by atoms with Crippen LogP contribution in [-0.4, -0.2) is 31.1 Å². The lowest BCUT2D eigenvalue weighted by atomic mass is 9.95. The molecule has 1 N–H and O–H groups in total. The van der Waals surface area contributed by atoms with E-state index in [1.807, 2.05) is 30.3 Å². The molecule has 7 heteroatoms. The van der Waals surface area contributed by atoms with Gasteiger partial charge in [0.05, 0.1) is 17.7 Å². The second-order valence-corrected chi connectivity index (χ2v) is 9.51. The first kappa shape index (κ1) is 24.7. The number of carbonyl (C=O) groups is 3. The van der Waals surface area contributed by atoms with Crippen LogP contribution in [0.15, 0.2) is 54.6 Å². The molecule has 0 saturated carbocycles. The van der Waals surface area contributed by atoms with E-state index in [2.05, 4.69) is 17.4 Å². The van der Waals surface area contributed by atoms with Crippen LogP contribution in [0.5, 0.6) is 0 Å². The Kier molecular flexibility index (Phi) is 8.32. The molecule has 0 fully saturated rings. The van der Waals surface area contributed by atoms with E-state index in [0.717, 1.165) is 48.1 Å². The minimum absolute atomic E-state index is 0.262. The molecule has 0 radical (unpaired) electrons. The van der Waals surface area contributed by atoms with E-state index in [0.29, 0.717) is 22.5 Å². The minimum Gasteiger partial charge on any atom is -0.462 e. The van der Waals surface area contributed by atoms with E-state index in [1.165, 1.54) is 16.9 Å². The second kappa shape index (κ2) is 11.8. The van der Waals surface area contributed by atoms with Crippen LogP contribution in [0.2, 0.25) is 0 Å². The van der Waals surface area contributed by atoms with Crippen molar-refractivity contribution in [3.63, 3.8) is 0 Å². The van der Waals surface area contributed by atoms with Crippen molar-refractivity contribution in [2.75, 3.05) is 18.5 Å². The topological polar surface area (TPSA) is 81.7 Å². The Hall–Kier alpha value is -3.45. The Balaban J connectivity index is 1.40. The highest BCUT2D eigenvalue weighted by Crippen LogP contribution is 2.38. The van der Waals surface area contributed by atoms with Gasteiger partial charge in [0, 0.05) is 4.88 Å². The van der Waals surface area contributed by atoms with Crippen LogP contribution in [0.3, 0.4) is 0 Å². The van der Waals surface area contributed by atoms with Gasteiger partial charge in [0.15, 0.2) is 6.61 Å². The summed E-state index contributed by atoms with van der Waals surface area (Å²) in [5, 5.41) is 3.25. The minimum atomic E-state index is -0.542. The van der Waals surface area contributed by atoms with Crippen LogP contribution in [0.1, 0.15) is 62.0 Å². The maximum absolute atomic E-state index is 12.8.